The smallest absolute Gasteiger partial charge is 0.222 e. The van der Waals surface area contributed by atoms with Gasteiger partial charge in [0.2, 0.25) is 5.91 Å². The van der Waals surface area contributed by atoms with E-state index < -0.39 is 0 Å². The monoisotopic (exact) mass is 296 g/mol. The lowest BCUT2D eigenvalue weighted by Crippen LogP contribution is -2.47. The fourth-order valence-electron chi connectivity index (χ4n) is 3.15. The molecule has 1 fully saturated rings. The molecule has 0 atom stereocenters. The van der Waals surface area contributed by atoms with Crippen molar-refractivity contribution >= 4 is 5.91 Å². The maximum absolute atomic E-state index is 12.3. The van der Waals surface area contributed by atoms with E-state index in [-0.39, 0.29) is 0 Å². The van der Waals surface area contributed by atoms with Crippen molar-refractivity contribution in [3.8, 4) is 0 Å². The molecule has 0 aromatic rings. The largest absolute Gasteiger partial charge is 0.343 e. The van der Waals surface area contributed by atoms with E-state index in [1.807, 2.05) is 0 Å². The van der Waals surface area contributed by atoms with Gasteiger partial charge in [0.25, 0.3) is 0 Å². The van der Waals surface area contributed by atoms with Crippen LogP contribution >= 0.6 is 0 Å². The fourth-order valence-corrected chi connectivity index (χ4v) is 3.15. The van der Waals surface area contributed by atoms with Gasteiger partial charge >= 0.3 is 0 Å². The second-order valence-electron chi connectivity index (χ2n) is 7.82. The predicted molar refractivity (Wildman–Crippen MR) is 90.4 cm³/mol. The molecule has 0 radical (unpaired) electrons. The molecule has 0 spiro atoms. The van der Waals surface area contributed by atoms with Crippen molar-refractivity contribution in [1.29, 1.82) is 0 Å². The van der Waals surface area contributed by atoms with Crippen molar-refractivity contribution < 1.29 is 4.79 Å². The van der Waals surface area contributed by atoms with E-state index >= 15 is 0 Å². The van der Waals surface area contributed by atoms with Crippen molar-refractivity contribution in [3.63, 3.8) is 0 Å². The number of hydrogen-bond donors (Lipinski definition) is 0. The minimum atomic E-state index is 0.324. The highest BCUT2D eigenvalue weighted by molar-refractivity contribution is 5.76. The lowest BCUT2D eigenvalue weighted by atomic mass is 9.63. The number of amides is 1. The summed E-state index contributed by atoms with van der Waals surface area (Å²) in [4.78, 5) is 16.8. The van der Waals surface area contributed by atoms with Crippen LogP contribution in [0.4, 0.5) is 0 Å². The molecule has 1 saturated heterocycles. The van der Waals surface area contributed by atoms with Gasteiger partial charge in [0.15, 0.2) is 0 Å². The molecule has 3 nitrogen and oxygen atoms in total. The van der Waals surface area contributed by atoms with Gasteiger partial charge in [0.05, 0.1) is 0 Å². The molecule has 1 aliphatic rings. The van der Waals surface area contributed by atoms with E-state index in [0.29, 0.717) is 23.2 Å². The Morgan fingerprint density at radius 3 is 2.10 bits per heavy atom. The molecular formula is C18H36N2O. The van der Waals surface area contributed by atoms with E-state index in [4.69, 9.17) is 0 Å². The first-order chi connectivity index (χ1) is 9.73. The number of rotatable bonds is 6. The topological polar surface area (TPSA) is 23.6 Å². The first kappa shape index (κ1) is 18.5. The molecule has 1 amide bonds. The molecule has 0 aromatic heterocycles. The summed E-state index contributed by atoms with van der Waals surface area (Å²) in [5.41, 5.74) is 0.690. The summed E-state index contributed by atoms with van der Waals surface area (Å²) in [5, 5.41) is 0. The SMILES string of the molecule is CCN(CC)CCCC(=O)N1CCC(C)(C(C)(C)C)CC1. The van der Waals surface area contributed by atoms with Gasteiger partial charge in [-0.1, -0.05) is 41.5 Å². The van der Waals surface area contributed by atoms with Crippen molar-refractivity contribution in [3.05, 3.63) is 0 Å². The van der Waals surface area contributed by atoms with Gasteiger partial charge in [-0.15, -0.1) is 0 Å². The Hall–Kier alpha value is -0.570. The Morgan fingerprint density at radius 1 is 1.14 bits per heavy atom. The van der Waals surface area contributed by atoms with Gasteiger partial charge in [-0.3, -0.25) is 4.79 Å². The molecule has 21 heavy (non-hydrogen) atoms. The van der Waals surface area contributed by atoms with E-state index in [9.17, 15) is 4.79 Å². The fraction of sp³-hybridized carbons (Fsp3) is 0.944. The molecule has 0 aromatic carbocycles. The molecule has 124 valence electrons. The Labute approximate surface area is 132 Å². The third-order valence-electron chi connectivity index (χ3n) is 5.79. The van der Waals surface area contributed by atoms with Crippen molar-refractivity contribution in [2.45, 2.75) is 67.2 Å². The highest BCUT2D eigenvalue weighted by atomic mass is 16.2. The van der Waals surface area contributed by atoms with Crippen LogP contribution in [0.25, 0.3) is 0 Å². The molecule has 0 saturated carbocycles. The van der Waals surface area contributed by atoms with Crippen LogP contribution in [0.5, 0.6) is 0 Å². The second-order valence-corrected chi connectivity index (χ2v) is 7.82. The van der Waals surface area contributed by atoms with Crippen LogP contribution in [0.15, 0.2) is 0 Å². The average Bonchev–Trinajstić information content (AvgIpc) is 2.43. The van der Waals surface area contributed by atoms with Gasteiger partial charge in [-0.05, 0) is 49.7 Å². The number of nitrogens with zero attached hydrogens (tertiary/aromatic N) is 2. The quantitative estimate of drug-likeness (QED) is 0.744. The predicted octanol–water partition coefficient (Wildman–Crippen LogP) is 3.78. The lowest BCUT2D eigenvalue weighted by Gasteiger charge is -2.48. The van der Waals surface area contributed by atoms with E-state index in [1.165, 1.54) is 0 Å². The standard InChI is InChI=1S/C18H36N2O/c1-7-19(8-2)13-9-10-16(21)20-14-11-18(6,12-15-20)17(3,4)5/h7-15H2,1-6H3. The van der Waals surface area contributed by atoms with Crippen LogP contribution in [-0.4, -0.2) is 48.4 Å². The van der Waals surface area contributed by atoms with Crippen molar-refractivity contribution in [2.75, 3.05) is 32.7 Å². The van der Waals surface area contributed by atoms with Crippen LogP contribution in [0, 0.1) is 10.8 Å². The number of carbonyl (C=O) groups excluding carboxylic acids is 1. The number of hydrogen-bond acceptors (Lipinski definition) is 2. The molecular weight excluding hydrogens is 260 g/mol. The molecule has 0 unspecified atom stereocenters. The Balaban J connectivity index is 2.36. The van der Waals surface area contributed by atoms with Gasteiger partial charge in [-0.2, -0.15) is 0 Å². The summed E-state index contributed by atoms with van der Waals surface area (Å²) in [6.45, 7) is 18.8. The average molecular weight is 296 g/mol. The summed E-state index contributed by atoms with van der Waals surface area (Å²) in [7, 11) is 0. The second kappa shape index (κ2) is 7.62. The number of piperidine rings is 1. The van der Waals surface area contributed by atoms with Crippen LogP contribution in [0.1, 0.15) is 67.2 Å². The molecule has 1 rings (SSSR count). The molecule has 1 heterocycles. The van der Waals surface area contributed by atoms with Crippen LogP contribution < -0.4 is 0 Å². The molecule has 0 aliphatic carbocycles. The van der Waals surface area contributed by atoms with Gasteiger partial charge in [0.1, 0.15) is 0 Å². The van der Waals surface area contributed by atoms with E-state index in [0.717, 1.165) is 52.0 Å². The Bertz CT molecular complexity index is 321. The third kappa shape index (κ3) is 4.98. The number of likely N-dealkylation sites (tertiary alicyclic amines) is 1. The zero-order valence-corrected chi connectivity index (χ0v) is 15.2. The summed E-state index contributed by atoms with van der Waals surface area (Å²) in [6, 6.07) is 0. The normalized spacial score (nSPS) is 19.1. The van der Waals surface area contributed by atoms with Gasteiger partial charge in [0, 0.05) is 19.5 Å². The highest BCUT2D eigenvalue weighted by Gasteiger charge is 2.40. The van der Waals surface area contributed by atoms with Crippen molar-refractivity contribution in [1.82, 2.24) is 9.80 Å². The number of carbonyl (C=O) groups is 1. The van der Waals surface area contributed by atoms with Gasteiger partial charge < -0.3 is 9.80 Å². The highest BCUT2D eigenvalue weighted by Crippen LogP contribution is 2.46. The van der Waals surface area contributed by atoms with Crippen molar-refractivity contribution in [2.24, 2.45) is 10.8 Å². The third-order valence-corrected chi connectivity index (χ3v) is 5.79. The maximum Gasteiger partial charge on any atom is 0.222 e. The molecule has 1 aliphatic heterocycles. The minimum Gasteiger partial charge on any atom is -0.343 e. The zero-order valence-electron chi connectivity index (χ0n) is 15.2. The summed E-state index contributed by atoms with van der Waals surface area (Å²) >= 11 is 0. The first-order valence-electron chi connectivity index (χ1n) is 8.73. The molecule has 0 N–H and O–H groups in total. The van der Waals surface area contributed by atoms with E-state index in [1.54, 1.807) is 0 Å². The summed E-state index contributed by atoms with van der Waals surface area (Å²) in [6.07, 6.45) is 3.98. The van der Waals surface area contributed by atoms with Crippen LogP contribution in [0.2, 0.25) is 0 Å². The lowest BCUT2D eigenvalue weighted by molar-refractivity contribution is -0.134. The van der Waals surface area contributed by atoms with Crippen LogP contribution in [-0.2, 0) is 4.79 Å². The van der Waals surface area contributed by atoms with Gasteiger partial charge in [-0.25, -0.2) is 0 Å². The van der Waals surface area contributed by atoms with Crippen LogP contribution in [0.3, 0.4) is 0 Å². The first-order valence-corrected chi connectivity index (χ1v) is 8.73. The molecule has 0 bridgehead atoms. The maximum atomic E-state index is 12.3. The Kier molecular flexibility index (Phi) is 6.71. The summed E-state index contributed by atoms with van der Waals surface area (Å²) < 4.78 is 0. The zero-order chi connectivity index (χ0) is 16.1. The molecule has 3 heteroatoms. The Morgan fingerprint density at radius 2 is 1.67 bits per heavy atom. The van der Waals surface area contributed by atoms with E-state index in [2.05, 4.69) is 51.3 Å². The summed E-state index contributed by atoms with van der Waals surface area (Å²) in [5.74, 6) is 0.359. The minimum absolute atomic E-state index is 0.324.